The second-order valence-electron chi connectivity index (χ2n) is 5.55. The van der Waals surface area contributed by atoms with Crippen molar-refractivity contribution in [3.05, 3.63) is 41.5 Å². The number of anilines is 1. The molecule has 0 bridgehead atoms. The molecule has 24 heavy (non-hydrogen) atoms. The van der Waals surface area contributed by atoms with Crippen LogP contribution in [0.2, 0.25) is 0 Å². The number of urea groups is 1. The van der Waals surface area contributed by atoms with Crippen molar-refractivity contribution in [1.82, 2.24) is 4.90 Å². The molecule has 1 aliphatic heterocycles. The van der Waals surface area contributed by atoms with E-state index in [4.69, 9.17) is 0 Å². The summed E-state index contributed by atoms with van der Waals surface area (Å²) in [6.07, 6.45) is -0.337. The predicted octanol–water partition coefficient (Wildman–Crippen LogP) is 3.57. The van der Waals surface area contributed by atoms with E-state index in [9.17, 15) is 18.4 Å². The molecule has 0 unspecified atom stereocenters. The van der Waals surface area contributed by atoms with Crippen molar-refractivity contribution in [3.63, 3.8) is 0 Å². The molecule has 7 heteroatoms. The monoisotopic (exact) mass is 338 g/mol. The molecule has 1 aliphatic rings. The number of methoxy groups -OCH3 is 1. The smallest absolute Gasteiger partial charge is 0.321 e. The van der Waals surface area contributed by atoms with E-state index in [-0.39, 0.29) is 43.5 Å². The molecule has 130 valence electrons. The molecule has 1 heterocycles. The van der Waals surface area contributed by atoms with Gasteiger partial charge in [0.15, 0.2) is 0 Å². The number of aryl methyl sites for hydroxylation is 1. The van der Waals surface area contributed by atoms with Gasteiger partial charge in [-0.25, -0.2) is 4.79 Å². The lowest BCUT2D eigenvalue weighted by atomic mass is 10.1. The summed E-state index contributed by atoms with van der Waals surface area (Å²) in [6, 6.07) is 6.86. The number of carbonyl (C=O) groups is 2. The summed E-state index contributed by atoms with van der Waals surface area (Å²) in [5.41, 5.74) is 1.72. The number of ether oxygens (including phenoxy) is 1. The highest BCUT2D eigenvalue weighted by Crippen LogP contribution is 2.22. The summed E-state index contributed by atoms with van der Waals surface area (Å²) in [5.74, 6) is -0.268. The summed E-state index contributed by atoms with van der Waals surface area (Å²) in [7, 11) is 1.35. The van der Waals surface area contributed by atoms with Crippen LogP contribution in [0.1, 0.15) is 24.8 Å². The molecule has 1 aromatic carbocycles. The van der Waals surface area contributed by atoms with Gasteiger partial charge in [-0.15, -0.1) is 0 Å². The van der Waals surface area contributed by atoms with Crippen LogP contribution >= 0.6 is 0 Å². The second kappa shape index (κ2) is 8.42. The molecule has 5 nitrogen and oxygen atoms in total. The molecule has 0 radical (unpaired) electrons. The fourth-order valence-electron chi connectivity index (χ4n) is 2.47. The van der Waals surface area contributed by atoms with E-state index >= 15 is 0 Å². The summed E-state index contributed by atoms with van der Waals surface area (Å²) < 4.78 is 29.6. The first kappa shape index (κ1) is 17.9. The molecule has 2 rings (SSSR count). The van der Waals surface area contributed by atoms with E-state index in [1.54, 1.807) is 12.1 Å². The number of amides is 2. The number of hydrogen-bond acceptors (Lipinski definition) is 3. The number of benzene rings is 1. The number of halogens is 2. The van der Waals surface area contributed by atoms with Crippen molar-refractivity contribution < 1.29 is 23.1 Å². The molecule has 1 N–H and O–H groups in total. The van der Waals surface area contributed by atoms with Crippen LogP contribution in [0, 0.1) is 0 Å². The van der Waals surface area contributed by atoms with Crippen molar-refractivity contribution in [2.45, 2.75) is 25.7 Å². The molecule has 0 saturated carbocycles. The summed E-state index contributed by atoms with van der Waals surface area (Å²) >= 11 is 0. The van der Waals surface area contributed by atoms with Crippen molar-refractivity contribution in [2.24, 2.45) is 0 Å². The van der Waals surface area contributed by atoms with Crippen LogP contribution in [0.25, 0.3) is 0 Å². The molecule has 0 aromatic heterocycles. The van der Waals surface area contributed by atoms with Gasteiger partial charge in [-0.05, 0) is 42.5 Å². The molecule has 2 amide bonds. The van der Waals surface area contributed by atoms with Gasteiger partial charge in [0.2, 0.25) is 0 Å². The molecular weight excluding hydrogens is 318 g/mol. The maximum absolute atomic E-state index is 12.5. The molecule has 1 aromatic rings. The topological polar surface area (TPSA) is 58.6 Å². The Hall–Kier alpha value is -2.44. The summed E-state index contributed by atoms with van der Waals surface area (Å²) in [4.78, 5) is 24.8. The van der Waals surface area contributed by atoms with Crippen molar-refractivity contribution in [1.29, 1.82) is 0 Å². The zero-order valence-corrected chi connectivity index (χ0v) is 13.5. The zero-order valence-electron chi connectivity index (χ0n) is 13.5. The number of rotatable bonds is 4. The van der Waals surface area contributed by atoms with E-state index in [1.807, 2.05) is 12.1 Å². The lowest BCUT2D eigenvalue weighted by Gasteiger charge is -2.28. The van der Waals surface area contributed by atoms with Crippen molar-refractivity contribution in [2.75, 3.05) is 25.5 Å². The third-order valence-corrected chi connectivity index (χ3v) is 3.97. The van der Waals surface area contributed by atoms with Gasteiger partial charge >= 0.3 is 12.0 Å². The first-order chi connectivity index (χ1) is 11.5. The highest BCUT2D eigenvalue weighted by Gasteiger charge is 2.21. The van der Waals surface area contributed by atoms with Gasteiger partial charge in [-0.1, -0.05) is 12.1 Å². The van der Waals surface area contributed by atoms with Crippen molar-refractivity contribution >= 4 is 17.7 Å². The minimum atomic E-state index is -1.63. The van der Waals surface area contributed by atoms with Gasteiger partial charge in [0.1, 0.15) is 0 Å². The van der Waals surface area contributed by atoms with Crippen LogP contribution in [0.4, 0.5) is 19.3 Å². The number of esters is 1. The van der Waals surface area contributed by atoms with Gasteiger partial charge < -0.3 is 15.0 Å². The summed E-state index contributed by atoms with van der Waals surface area (Å²) in [6.45, 7) is 0.575. The van der Waals surface area contributed by atoms with E-state index < -0.39 is 6.08 Å². The second-order valence-corrected chi connectivity index (χ2v) is 5.55. The van der Waals surface area contributed by atoms with Crippen LogP contribution in [0.15, 0.2) is 35.9 Å². The van der Waals surface area contributed by atoms with Crippen LogP contribution in [-0.4, -0.2) is 37.1 Å². The Morgan fingerprint density at radius 2 is 1.79 bits per heavy atom. The Kier molecular flexibility index (Phi) is 6.28. The van der Waals surface area contributed by atoms with E-state index in [0.717, 1.165) is 5.56 Å². The number of hydrogen-bond donors (Lipinski definition) is 1. The van der Waals surface area contributed by atoms with Crippen LogP contribution in [0.3, 0.4) is 0 Å². The highest BCUT2D eigenvalue weighted by atomic mass is 19.3. The number of nitrogens with zero attached hydrogens (tertiary/aromatic N) is 1. The maximum Gasteiger partial charge on any atom is 0.321 e. The number of nitrogens with one attached hydrogen (secondary N) is 1. The number of likely N-dealkylation sites (tertiary alicyclic amines) is 1. The van der Waals surface area contributed by atoms with Gasteiger partial charge in [0.25, 0.3) is 6.08 Å². The minimum Gasteiger partial charge on any atom is -0.469 e. The Balaban J connectivity index is 1.84. The third kappa shape index (κ3) is 5.04. The quantitative estimate of drug-likeness (QED) is 0.854. The van der Waals surface area contributed by atoms with Crippen LogP contribution in [-0.2, 0) is 16.0 Å². The summed E-state index contributed by atoms with van der Waals surface area (Å²) in [5, 5.41) is 2.75. The van der Waals surface area contributed by atoms with Crippen LogP contribution in [0.5, 0.6) is 0 Å². The normalized spacial score (nSPS) is 14.3. The third-order valence-electron chi connectivity index (χ3n) is 3.97. The molecule has 1 fully saturated rings. The minimum absolute atomic E-state index is 0.133. The lowest BCUT2D eigenvalue weighted by molar-refractivity contribution is -0.140. The van der Waals surface area contributed by atoms with Crippen molar-refractivity contribution in [3.8, 4) is 0 Å². The molecular formula is C17H20F2N2O3. The Bertz CT molecular complexity index is 615. The molecule has 1 saturated heterocycles. The van der Waals surface area contributed by atoms with E-state index in [2.05, 4.69) is 10.1 Å². The molecule has 0 spiro atoms. The zero-order chi connectivity index (χ0) is 17.5. The first-order valence-electron chi connectivity index (χ1n) is 7.74. The SMILES string of the molecule is COC(=O)CCc1ccc(NC(=O)N2CCC(=C(F)F)CC2)cc1. The molecule has 0 atom stereocenters. The van der Waals surface area contributed by atoms with Crippen LogP contribution < -0.4 is 5.32 Å². The largest absolute Gasteiger partial charge is 0.469 e. The fourth-order valence-corrected chi connectivity index (χ4v) is 2.47. The average molecular weight is 338 g/mol. The average Bonchev–Trinajstić information content (AvgIpc) is 2.60. The van der Waals surface area contributed by atoms with E-state index in [1.165, 1.54) is 12.0 Å². The molecule has 0 aliphatic carbocycles. The van der Waals surface area contributed by atoms with Gasteiger partial charge in [0.05, 0.1) is 7.11 Å². The first-order valence-corrected chi connectivity index (χ1v) is 7.74. The Morgan fingerprint density at radius 3 is 2.33 bits per heavy atom. The van der Waals surface area contributed by atoms with E-state index in [0.29, 0.717) is 18.5 Å². The standard InChI is InChI=1S/C17H20F2N2O3/c1-24-15(22)7-4-12-2-5-14(6-3-12)20-17(23)21-10-8-13(9-11-21)16(18)19/h2-3,5-6H,4,7-11H2,1H3,(H,20,23). The lowest BCUT2D eigenvalue weighted by Crippen LogP contribution is -2.39. The van der Waals surface area contributed by atoms with Gasteiger partial charge in [0, 0.05) is 25.2 Å². The number of piperidine rings is 1. The highest BCUT2D eigenvalue weighted by molar-refractivity contribution is 5.89. The maximum atomic E-state index is 12.5. The number of carbonyl (C=O) groups excluding carboxylic acids is 2. The van der Waals surface area contributed by atoms with Gasteiger partial charge in [-0.3, -0.25) is 4.79 Å². The van der Waals surface area contributed by atoms with Gasteiger partial charge in [-0.2, -0.15) is 8.78 Å². The Morgan fingerprint density at radius 1 is 1.17 bits per heavy atom. The fraction of sp³-hybridized carbons (Fsp3) is 0.412. The Labute approximate surface area is 139 Å². The predicted molar refractivity (Wildman–Crippen MR) is 85.8 cm³/mol.